The molecule has 1 aliphatic rings. The second kappa shape index (κ2) is 9.28. The Morgan fingerprint density at radius 3 is 3.10 bits per heavy atom. The highest BCUT2D eigenvalue weighted by molar-refractivity contribution is 7.09. The van der Waals surface area contributed by atoms with Crippen LogP contribution in [0.15, 0.2) is 46.3 Å². The summed E-state index contributed by atoms with van der Waals surface area (Å²) in [5.74, 6) is 0.725. The number of rotatable bonds is 7. The topological polar surface area (TPSA) is 71.3 Å². The number of nitrogens with zero attached hydrogens (tertiary/aromatic N) is 3. The lowest BCUT2D eigenvalue weighted by atomic mass is 9.98. The van der Waals surface area contributed by atoms with Crippen molar-refractivity contribution in [1.82, 2.24) is 20.4 Å². The van der Waals surface area contributed by atoms with E-state index < -0.39 is 0 Å². The molecule has 3 aromatic rings. The van der Waals surface area contributed by atoms with E-state index >= 15 is 0 Å². The molecule has 1 unspecified atom stereocenters. The van der Waals surface area contributed by atoms with Crippen molar-refractivity contribution in [2.24, 2.45) is 0 Å². The molecule has 4 rings (SSSR count). The first kappa shape index (κ1) is 19.7. The molecule has 152 valence electrons. The third kappa shape index (κ3) is 5.27. The first-order chi connectivity index (χ1) is 14.2. The van der Waals surface area contributed by atoms with Gasteiger partial charge in [-0.1, -0.05) is 23.4 Å². The van der Waals surface area contributed by atoms with Crippen LogP contribution in [0.3, 0.4) is 0 Å². The smallest absolute Gasteiger partial charge is 0.234 e. The molecule has 1 aliphatic heterocycles. The van der Waals surface area contributed by atoms with Crippen LogP contribution in [0, 0.1) is 5.82 Å². The molecule has 6 nitrogen and oxygen atoms in total. The second-order valence-electron chi connectivity index (χ2n) is 7.22. The number of thiophene rings is 1. The van der Waals surface area contributed by atoms with Gasteiger partial charge in [-0.2, -0.15) is 4.98 Å². The third-order valence-electron chi connectivity index (χ3n) is 5.02. The monoisotopic (exact) mass is 414 g/mol. The third-order valence-corrected chi connectivity index (χ3v) is 5.96. The normalized spacial score (nSPS) is 17.3. The molecule has 1 N–H and O–H groups in total. The lowest BCUT2D eigenvalue weighted by Crippen LogP contribution is -2.42. The highest BCUT2D eigenvalue weighted by Crippen LogP contribution is 2.27. The van der Waals surface area contributed by atoms with Crippen LogP contribution in [0.2, 0.25) is 0 Å². The number of likely N-dealkylation sites (tertiary alicyclic amines) is 1. The molecule has 29 heavy (non-hydrogen) atoms. The van der Waals surface area contributed by atoms with Crippen LogP contribution in [-0.2, 0) is 11.2 Å². The van der Waals surface area contributed by atoms with Crippen molar-refractivity contribution in [3.05, 3.63) is 58.4 Å². The van der Waals surface area contributed by atoms with Gasteiger partial charge in [-0.15, -0.1) is 11.3 Å². The number of hydrogen-bond acceptors (Lipinski definition) is 6. The number of piperidine rings is 1. The minimum atomic E-state index is -0.331. The van der Waals surface area contributed by atoms with Crippen LogP contribution >= 0.6 is 11.3 Å². The minimum Gasteiger partial charge on any atom is -0.355 e. The van der Waals surface area contributed by atoms with E-state index in [1.165, 1.54) is 17.0 Å². The summed E-state index contributed by atoms with van der Waals surface area (Å²) in [5.41, 5.74) is 0.595. The molecular weight excluding hydrogens is 391 g/mol. The van der Waals surface area contributed by atoms with Crippen molar-refractivity contribution in [3.63, 3.8) is 0 Å². The lowest BCUT2D eigenvalue weighted by Gasteiger charge is -2.30. The molecule has 8 heteroatoms. The van der Waals surface area contributed by atoms with Gasteiger partial charge in [-0.3, -0.25) is 9.69 Å². The van der Waals surface area contributed by atoms with Crippen LogP contribution in [0.4, 0.5) is 4.39 Å². The Bertz CT molecular complexity index is 944. The largest absolute Gasteiger partial charge is 0.355 e. The summed E-state index contributed by atoms with van der Waals surface area (Å²) in [6.45, 7) is 2.59. The molecule has 0 aliphatic carbocycles. The van der Waals surface area contributed by atoms with Crippen LogP contribution in [0.5, 0.6) is 0 Å². The Kier molecular flexibility index (Phi) is 6.31. The van der Waals surface area contributed by atoms with Gasteiger partial charge in [-0.05, 0) is 49.4 Å². The summed E-state index contributed by atoms with van der Waals surface area (Å²) in [5, 5.41) is 9.04. The molecular formula is C21H23FN4O2S. The van der Waals surface area contributed by atoms with E-state index in [1.807, 2.05) is 11.4 Å². The number of nitrogens with one attached hydrogen (secondary N) is 1. The Balaban J connectivity index is 1.29. The summed E-state index contributed by atoms with van der Waals surface area (Å²) >= 11 is 1.70. The molecule has 0 saturated carbocycles. The SMILES string of the molecule is O=C(CN1CCCC(c2nc(-c3cccc(F)c3)no2)C1)NCCc1cccs1. The first-order valence-electron chi connectivity index (χ1n) is 9.78. The number of carbonyl (C=O) groups excluding carboxylic acids is 1. The van der Waals surface area contributed by atoms with Crippen molar-refractivity contribution in [1.29, 1.82) is 0 Å². The summed E-state index contributed by atoms with van der Waals surface area (Å²) in [6.07, 6.45) is 2.75. The molecule has 0 bridgehead atoms. The number of benzene rings is 1. The fourth-order valence-corrected chi connectivity index (χ4v) is 4.29. The molecule has 1 aromatic carbocycles. The van der Waals surface area contributed by atoms with Gasteiger partial charge < -0.3 is 9.84 Å². The average molecular weight is 415 g/mol. The van der Waals surface area contributed by atoms with Gasteiger partial charge in [-0.25, -0.2) is 4.39 Å². The van der Waals surface area contributed by atoms with Gasteiger partial charge in [0.25, 0.3) is 0 Å². The van der Waals surface area contributed by atoms with Crippen molar-refractivity contribution in [2.75, 3.05) is 26.2 Å². The quantitative estimate of drug-likeness (QED) is 0.641. The van der Waals surface area contributed by atoms with Gasteiger partial charge in [0.1, 0.15) is 5.82 Å². The summed E-state index contributed by atoms with van der Waals surface area (Å²) in [7, 11) is 0. The zero-order chi connectivity index (χ0) is 20.1. The maximum atomic E-state index is 13.4. The maximum Gasteiger partial charge on any atom is 0.234 e. The summed E-state index contributed by atoms with van der Waals surface area (Å²) in [4.78, 5) is 20.1. The van der Waals surface area contributed by atoms with Crippen LogP contribution in [0.1, 0.15) is 29.5 Å². The molecule has 3 heterocycles. The van der Waals surface area contributed by atoms with Crippen molar-refractivity contribution >= 4 is 17.2 Å². The number of amides is 1. The van der Waals surface area contributed by atoms with Crippen molar-refractivity contribution in [3.8, 4) is 11.4 Å². The van der Waals surface area contributed by atoms with E-state index in [0.717, 1.165) is 25.8 Å². The second-order valence-corrected chi connectivity index (χ2v) is 8.25. The van der Waals surface area contributed by atoms with E-state index in [1.54, 1.807) is 23.5 Å². The predicted octanol–water partition coefficient (Wildman–Crippen LogP) is 3.48. The first-order valence-corrected chi connectivity index (χ1v) is 10.7. The van der Waals surface area contributed by atoms with Gasteiger partial charge >= 0.3 is 0 Å². The minimum absolute atomic E-state index is 0.0354. The van der Waals surface area contributed by atoms with Crippen molar-refractivity contribution < 1.29 is 13.7 Å². The van der Waals surface area contributed by atoms with Crippen molar-refractivity contribution in [2.45, 2.75) is 25.2 Å². The van der Waals surface area contributed by atoms with Gasteiger partial charge in [0.15, 0.2) is 0 Å². The van der Waals surface area contributed by atoms with E-state index in [-0.39, 0.29) is 17.6 Å². The highest BCUT2D eigenvalue weighted by atomic mass is 32.1. The molecule has 0 spiro atoms. The Hall–Kier alpha value is -2.58. The maximum absolute atomic E-state index is 13.4. The number of carbonyl (C=O) groups is 1. The van der Waals surface area contributed by atoms with Gasteiger partial charge in [0.05, 0.1) is 12.5 Å². The van der Waals surface area contributed by atoms with Gasteiger partial charge in [0, 0.05) is 23.5 Å². The summed E-state index contributed by atoms with van der Waals surface area (Å²) < 4.78 is 18.9. The van der Waals surface area contributed by atoms with Crippen LogP contribution in [-0.4, -0.2) is 47.1 Å². The van der Waals surface area contributed by atoms with Crippen LogP contribution in [0.25, 0.3) is 11.4 Å². The molecule has 0 radical (unpaired) electrons. The van der Waals surface area contributed by atoms with E-state index in [9.17, 15) is 9.18 Å². The molecule has 1 fully saturated rings. The Labute approximate surface area is 172 Å². The zero-order valence-corrected chi connectivity index (χ0v) is 16.8. The highest BCUT2D eigenvalue weighted by Gasteiger charge is 2.27. The van der Waals surface area contributed by atoms with E-state index in [2.05, 4.69) is 26.4 Å². The van der Waals surface area contributed by atoms with E-state index in [0.29, 0.717) is 36.9 Å². The Morgan fingerprint density at radius 2 is 2.28 bits per heavy atom. The lowest BCUT2D eigenvalue weighted by molar-refractivity contribution is -0.122. The molecule has 1 atom stereocenters. The number of halogens is 1. The molecule has 1 amide bonds. The molecule has 1 saturated heterocycles. The van der Waals surface area contributed by atoms with E-state index in [4.69, 9.17) is 4.52 Å². The average Bonchev–Trinajstić information content (AvgIpc) is 3.40. The standard InChI is InChI=1S/C21H23FN4O2S/c22-17-6-1-4-15(12-17)20-24-21(28-25-20)16-5-2-10-26(13-16)14-19(27)23-9-8-18-7-3-11-29-18/h1,3-4,6-7,11-12,16H,2,5,8-10,13-14H2,(H,23,27). The molecule has 2 aromatic heterocycles. The Morgan fingerprint density at radius 1 is 1.34 bits per heavy atom. The summed E-state index contributed by atoms with van der Waals surface area (Å²) in [6, 6.07) is 10.3. The van der Waals surface area contributed by atoms with Crippen LogP contribution < -0.4 is 5.32 Å². The van der Waals surface area contributed by atoms with Gasteiger partial charge in [0.2, 0.25) is 17.6 Å². The number of aromatic nitrogens is 2. The predicted molar refractivity (Wildman–Crippen MR) is 109 cm³/mol. The zero-order valence-electron chi connectivity index (χ0n) is 16.0. The fraction of sp³-hybridized carbons (Fsp3) is 0.381. The number of hydrogen-bond donors (Lipinski definition) is 1. The fourth-order valence-electron chi connectivity index (χ4n) is 3.59.